The maximum atomic E-state index is 9.09. The predicted molar refractivity (Wildman–Crippen MR) is 54.7 cm³/mol. The first-order valence-electron chi connectivity index (χ1n) is 5.39. The van der Waals surface area contributed by atoms with Crippen LogP contribution in [0.2, 0.25) is 0 Å². The van der Waals surface area contributed by atoms with E-state index < -0.39 is 0 Å². The van der Waals surface area contributed by atoms with Gasteiger partial charge < -0.3 is 9.67 Å². The van der Waals surface area contributed by atoms with E-state index in [-0.39, 0.29) is 6.61 Å². The molecule has 0 unspecified atom stereocenters. The van der Waals surface area contributed by atoms with Crippen LogP contribution in [0.15, 0.2) is 12.5 Å². The maximum Gasteiger partial charge on any atom is 0.0949 e. The van der Waals surface area contributed by atoms with Crippen molar-refractivity contribution in [1.29, 1.82) is 0 Å². The van der Waals surface area contributed by atoms with Crippen molar-refractivity contribution >= 4 is 0 Å². The smallest absolute Gasteiger partial charge is 0.0949 e. The topological polar surface area (TPSA) is 38.0 Å². The second kappa shape index (κ2) is 3.73. The van der Waals surface area contributed by atoms with Gasteiger partial charge in [0.05, 0.1) is 24.8 Å². The zero-order chi connectivity index (χ0) is 10.0. The molecular formula is C11H18N2O. The molecule has 78 valence electrons. The summed E-state index contributed by atoms with van der Waals surface area (Å²) in [6, 6.07) is 0. The zero-order valence-electron chi connectivity index (χ0n) is 8.74. The summed E-state index contributed by atoms with van der Waals surface area (Å²) >= 11 is 0. The lowest BCUT2D eigenvalue weighted by molar-refractivity contribution is 0.264. The lowest BCUT2D eigenvalue weighted by Crippen LogP contribution is -2.13. The molecular weight excluding hydrogens is 176 g/mol. The molecule has 0 atom stereocenters. The second-order valence-corrected chi connectivity index (χ2v) is 4.42. The van der Waals surface area contributed by atoms with Gasteiger partial charge in [0, 0.05) is 6.54 Å². The number of aliphatic hydroxyl groups is 1. The second-order valence-electron chi connectivity index (χ2n) is 4.42. The third-order valence-electron chi connectivity index (χ3n) is 3.20. The molecule has 3 heteroatoms. The SMILES string of the molecule is CCCC1(Cn2cncc2CO)CC1. The Balaban J connectivity index is 2.03. The van der Waals surface area contributed by atoms with Gasteiger partial charge in [-0.05, 0) is 24.7 Å². The van der Waals surface area contributed by atoms with Gasteiger partial charge in [-0.3, -0.25) is 0 Å². The molecule has 1 aromatic rings. The van der Waals surface area contributed by atoms with Crippen LogP contribution >= 0.6 is 0 Å². The fraction of sp³-hybridized carbons (Fsp3) is 0.727. The standard InChI is InChI=1S/C11H18N2O/c1-2-3-11(4-5-11)8-13-9-12-6-10(13)7-14/h6,9,14H,2-5,7-8H2,1H3. The minimum atomic E-state index is 0.0994. The van der Waals surface area contributed by atoms with Gasteiger partial charge in [-0.15, -0.1) is 0 Å². The normalized spacial score (nSPS) is 18.4. The van der Waals surface area contributed by atoms with E-state index in [0.29, 0.717) is 5.41 Å². The van der Waals surface area contributed by atoms with Crippen LogP contribution in [0.25, 0.3) is 0 Å². The van der Waals surface area contributed by atoms with Crippen LogP contribution in [0.1, 0.15) is 38.3 Å². The van der Waals surface area contributed by atoms with Crippen LogP contribution in [-0.2, 0) is 13.2 Å². The molecule has 2 rings (SSSR count). The first kappa shape index (κ1) is 9.71. The molecule has 1 saturated carbocycles. The number of imidazole rings is 1. The van der Waals surface area contributed by atoms with Crippen LogP contribution in [0.5, 0.6) is 0 Å². The van der Waals surface area contributed by atoms with Gasteiger partial charge in [0.2, 0.25) is 0 Å². The van der Waals surface area contributed by atoms with E-state index in [1.165, 1.54) is 25.7 Å². The van der Waals surface area contributed by atoms with Crippen LogP contribution in [0.4, 0.5) is 0 Å². The fourth-order valence-corrected chi connectivity index (χ4v) is 2.18. The summed E-state index contributed by atoms with van der Waals surface area (Å²) < 4.78 is 2.10. The molecule has 1 N–H and O–H groups in total. The first-order chi connectivity index (χ1) is 6.79. The highest BCUT2D eigenvalue weighted by Gasteiger charge is 2.41. The Morgan fingerprint density at radius 2 is 2.36 bits per heavy atom. The van der Waals surface area contributed by atoms with E-state index in [4.69, 9.17) is 5.11 Å². The largest absolute Gasteiger partial charge is 0.390 e. The van der Waals surface area contributed by atoms with E-state index in [2.05, 4.69) is 16.5 Å². The summed E-state index contributed by atoms with van der Waals surface area (Å²) in [5.41, 5.74) is 1.46. The summed E-state index contributed by atoms with van der Waals surface area (Å²) in [6.07, 6.45) is 8.82. The molecule has 14 heavy (non-hydrogen) atoms. The number of rotatable bonds is 5. The summed E-state index contributed by atoms with van der Waals surface area (Å²) in [4.78, 5) is 4.07. The monoisotopic (exact) mass is 194 g/mol. The van der Waals surface area contributed by atoms with Crippen LogP contribution in [0.3, 0.4) is 0 Å². The summed E-state index contributed by atoms with van der Waals surface area (Å²) in [5, 5.41) is 9.09. The van der Waals surface area contributed by atoms with Gasteiger partial charge in [-0.2, -0.15) is 0 Å². The number of aromatic nitrogens is 2. The predicted octanol–water partition coefficient (Wildman–Crippen LogP) is 1.96. The van der Waals surface area contributed by atoms with Crippen LogP contribution in [0, 0.1) is 5.41 Å². The van der Waals surface area contributed by atoms with E-state index in [9.17, 15) is 0 Å². The van der Waals surface area contributed by atoms with E-state index in [1.54, 1.807) is 6.20 Å². The molecule has 0 spiro atoms. The quantitative estimate of drug-likeness (QED) is 0.778. The first-order valence-corrected chi connectivity index (χ1v) is 5.39. The van der Waals surface area contributed by atoms with Gasteiger partial charge in [-0.25, -0.2) is 4.98 Å². The summed E-state index contributed by atoms with van der Waals surface area (Å²) in [5.74, 6) is 0. The van der Waals surface area contributed by atoms with E-state index in [1.807, 2.05) is 6.33 Å². The number of nitrogens with zero attached hydrogens (tertiary/aromatic N) is 2. The average Bonchev–Trinajstić information content (AvgIpc) is 2.79. The van der Waals surface area contributed by atoms with Crippen molar-refractivity contribution in [2.24, 2.45) is 5.41 Å². The Hall–Kier alpha value is -0.830. The fourth-order valence-electron chi connectivity index (χ4n) is 2.18. The highest BCUT2D eigenvalue weighted by molar-refractivity contribution is 5.01. The molecule has 0 bridgehead atoms. The van der Waals surface area contributed by atoms with Gasteiger partial charge in [0.25, 0.3) is 0 Å². The Morgan fingerprint density at radius 1 is 1.57 bits per heavy atom. The van der Waals surface area contributed by atoms with Gasteiger partial charge in [0.15, 0.2) is 0 Å². The minimum Gasteiger partial charge on any atom is -0.390 e. The van der Waals surface area contributed by atoms with Gasteiger partial charge in [0.1, 0.15) is 0 Å². The van der Waals surface area contributed by atoms with Crippen molar-refractivity contribution in [3.63, 3.8) is 0 Å². The van der Waals surface area contributed by atoms with Crippen molar-refractivity contribution in [2.75, 3.05) is 0 Å². The van der Waals surface area contributed by atoms with Gasteiger partial charge in [-0.1, -0.05) is 13.3 Å². The molecule has 0 amide bonds. The Labute approximate surface area is 84.8 Å². The van der Waals surface area contributed by atoms with E-state index >= 15 is 0 Å². The summed E-state index contributed by atoms with van der Waals surface area (Å²) in [7, 11) is 0. The molecule has 1 aliphatic rings. The minimum absolute atomic E-state index is 0.0994. The summed E-state index contributed by atoms with van der Waals surface area (Å²) in [6.45, 7) is 3.37. The third kappa shape index (κ3) is 1.82. The zero-order valence-corrected chi connectivity index (χ0v) is 8.74. The lowest BCUT2D eigenvalue weighted by Gasteiger charge is -2.16. The number of aliphatic hydroxyl groups excluding tert-OH is 1. The molecule has 3 nitrogen and oxygen atoms in total. The van der Waals surface area contributed by atoms with Crippen molar-refractivity contribution in [1.82, 2.24) is 9.55 Å². The molecule has 1 fully saturated rings. The molecule has 1 aliphatic carbocycles. The Bertz CT molecular complexity index is 302. The lowest BCUT2D eigenvalue weighted by atomic mass is 10.0. The average molecular weight is 194 g/mol. The Morgan fingerprint density at radius 3 is 2.93 bits per heavy atom. The van der Waals surface area contributed by atoms with Gasteiger partial charge >= 0.3 is 0 Å². The van der Waals surface area contributed by atoms with Crippen molar-refractivity contribution in [2.45, 2.75) is 45.8 Å². The van der Waals surface area contributed by atoms with Crippen LogP contribution < -0.4 is 0 Å². The molecule has 0 radical (unpaired) electrons. The van der Waals surface area contributed by atoms with E-state index in [0.717, 1.165) is 12.2 Å². The molecule has 0 aromatic carbocycles. The van der Waals surface area contributed by atoms with Crippen molar-refractivity contribution in [3.8, 4) is 0 Å². The molecule has 0 aliphatic heterocycles. The molecule has 1 aromatic heterocycles. The van der Waals surface area contributed by atoms with Crippen molar-refractivity contribution in [3.05, 3.63) is 18.2 Å². The van der Waals surface area contributed by atoms with Crippen LogP contribution in [-0.4, -0.2) is 14.7 Å². The molecule has 0 saturated heterocycles. The number of hydrogen-bond donors (Lipinski definition) is 1. The Kier molecular flexibility index (Phi) is 2.59. The molecule has 1 heterocycles. The third-order valence-corrected chi connectivity index (χ3v) is 3.20. The van der Waals surface area contributed by atoms with Crippen molar-refractivity contribution < 1.29 is 5.11 Å². The highest BCUT2D eigenvalue weighted by Crippen LogP contribution is 2.51. The number of hydrogen-bond acceptors (Lipinski definition) is 2. The maximum absolute atomic E-state index is 9.09. The highest BCUT2D eigenvalue weighted by atomic mass is 16.3.